The highest BCUT2D eigenvalue weighted by Crippen LogP contribution is 2.63. The van der Waals surface area contributed by atoms with Crippen LogP contribution in [0.25, 0.3) is 49.7 Å². The molecule has 0 bridgehead atoms. The SMILES string of the molecule is CC1(C)c2ccccc2-c2c1c1c(c3c4ccccc4n(-c4ccncc4)c23)C(C)(C)c2ccccc2-1. The molecule has 0 N–H and O–H groups in total. The number of rotatable bonds is 1. The summed E-state index contributed by atoms with van der Waals surface area (Å²) in [5.41, 5.74) is 14.8. The zero-order valence-corrected chi connectivity index (χ0v) is 21.6. The van der Waals surface area contributed by atoms with Crippen LogP contribution < -0.4 is 0 Å². The van der Waals surface area contributed by atoms with Gasteiger partial charge in [-0.1, -0.05) is 94.4 Å². The zero-order chi connectivity index (χ0) is 25.1. The van der Waals surface area contributed by atoms with Crippen LogP contribution in [0.15, 0.2) is 97.3 Å². The second-order valence-electron chi connectivity index (χ2n) is 11.6. The normalized spacial score (nSPS) is 16.0. The average molecular weight is 477 g/mol. The van der Waals surface area contributed by atoms with E-state index < -0.39 is 0 Å². The Morgan fingerprint density at radius 3 is 1.86 bits per heavy atom. The van der Waals surface area contributed by atoms with Crippen LogP contribution in [0.1, 0.15) is 49.9 Å². The molecule has 6 aromatic rings. The maximum atomic E-state index is 4.34. The van der Waals surface area contributed by atoms with Crippen molar-refractivity contribution in [3.63, 3.8) is 0 Å². The highest BCUT2D eigenvalue weighted by molar-refractivity contribution is 6.21. The molecule has 2 nitrogen and oxygen atoms in total. The van der Waals surface area contributed by atoms with Gasteiger partial charge in [0.15, 0.2) is 0 Å². The van der Waals surface area contributed by atoms with Crippen molar-refractivity contribution in [2.45, 2.75) is 38.5 Å². The first-order chi connectivity index (χ1) is 17.9. The van der Waals surface area contributed by atoms with E-state index in [-0.39, 0.29) is 10.8 Å². The number of benzene rings is 4. The van der Waals surface area contributed by atoms with Gasteiger partial charge in [-0.05, 0) is 57.1 Å². The van der Waals surface area contributed by atoms with Gasteiger partial charge in [-0.2, -0.15) is 0 Å². The van der Waals surface area contributed by atoms with Crippen molar-refractivity contribution in [3.8, 4) is 27.9 Å². The number of pyridine rings is 1. The van der Waals surface area contributed by atoms with Gasteiger partial charge in [-0.25, -0.2) is 0 Å². The molecule has 8 rings (SSSR count). The summed E-state index contributed by atoms with van der Waals surface area (Å²) in [5, 5.41) is 2.70. The summed E-state index contributed by atoms with van der Waals surface area (Å²) in [6, 6.07) is 31.3. The minimum Gasteiger partial charge on any atom is -0.308 e. The van der Waals surface area contributed by atoms with E-state index in [0.717, 1.165) is 5.69 Å². The summed E-state index contributed by atoms with van der Waals surface area (Å²) in [6.45, 7) is 9.66. The molecule has 0 atom stereocenters. The minimum absolute atomic E-state index is 0.114. The Bertz CT molecular complexity index is 1920. The molecule has 2 heteroatoms. The molecule has 0 fully saturated rings. The summed E-state index contributed by atoms with van der Waals surface area (Å²) in [6.07, 6.45) is 3.81. The van der Waals surface area contributed by atoms with Crippen LogP contribution in [0.3, 0.4) is 0 Å². The molecular formula is C35H28N2. The molecule has 37 heavy (non-hydrogen) atoms. The predicted molar refractivity (Wildman–Crippen MR) is 154 cm³/mol. The topological polar surface area (TPSA) is 17.8 Å². The van der Waals surface area contributed by atoms with Crippen LogP contribution in [0.4, 0.5) is 0 Å². The maximum Gasteiger partial charge on any atom is 0.0626 e. The Balaban J connectivity index is 1.73. The Morgan fingerprint density at radius 1 is 0.595 bits per heavy atom. The van der Waals surface area contributed by atoms with Gasteiger partial charge in [-0.3, -0.25) is 4.98 Å². The van der Waals surface area contributed by atoms with E-state index in [1.54, 1.807) is 0 Å². The second kappa shape index (κ2) is 6.77. The van der Waals surface area contributed by atoms with Gasteiger partial charge in [0.05, 0.1) is 11.0 Å². The number of fused-ring (bicyclic) bond motifs is 12. The Labute approximate surface area is 217 Å². The van der Waals surface area contributed by atoms with Crippen LogP contribution in [-0.4, -0.2) is 9.55 Å². The molecule has 0 aliphatic heterocycles. The van der Waals surface area contributed by atoms with Crippen molar-refractivity contribution in [2.75, 3.05) is 0 Å². The number of nitrogens with zero attached hydrogens (tertiary/aromatic N) is 2. The van der Waals surface area contributed by atoms with Crippen LogP contribution in [0, 0.1) is 0 Å². The smallest absolute Gasteiger partial charge is 0.0626 e. The standard InChI is InChI=1S/C35H28N2/c1-34(2)25-14-8-5-11-22(25)28-31-29(23-12-6-9-15-26(23)35(31,3)4)33-30(32(28)34)24-13-7-10-16-27(24)37(33)21-17-19-36-20-18-21/h5-20H,1-4H3. The molecule has 0 amide bonds. The van der Waals surface area contributed by atoms with Crippen molar-refractivity contribution in [1.29, 1.82) is 0 Å². The van der Waals surface area contributed by atoms with Gasteiger partial charge in [-0.15, -0.1) is 0 Å². The van der Waals surface area contributed by atoms with Crippen molar-refractivity contribution >= 4 is 21.8 Å². The molecule has 0 saturated carbocycles. The van der Waals surface area contributed by atoms with E-state index >= 15 is 0 Å². The van der Waals surface area contributed by atoms with E-state index in [1.165, 1.54) is 66.3 Å². The predicted octanol–water partition coefficient (Wildman–Crippen LogP) is 8.79. The Hall–Kier alpha value is -4.17. The fourth-order valence-corrected chi connectivity index (χ4v) is 7.53. The summed E-state index contributed by atoms with van der Waals surface area (Å²) < 4.78 is 2.49. The van der Waals surface area contributed by atoms with Crippen LogP contribution >= 0.6 is 0 Å². The summed E-state index contributed by atoms with van der Waals surface area (Å²) in [5.74, 6) is 0. The molecule has 4 aromatic carbocycles. The highest BCUT2D eigenvalue weighted by atomic mass is 15.0. The lowest BCUT2D eigenvalue weighted by Gasteiger charge is -2.27. The lowest BCUT2D eigenvalue weighted by Crippen LogP contribution is -2.19. The summed E-state index contributed by atoms with van der Waals surface area (Å²) >= 11 is 0. The van der Waals surface area contributed by atoms with Gasteiger partial charge >= 0.3 is 0 Å². The van der Waals surface area contributed by atoms with Crippen LogP contribution in [0.2, 0.25) is 0 Å². The number of aromatic nitrogens is 2. The van der Waals surface area contributed by atoms with Gasteiger partial charge < -0.3 is 4.57 Å². The third kappa shape index (κ3) is 2.39. The largest absolute Gasteiger partial charge is 0.308 e. The molecule has 2 aliphatic rings. The molecule has 2 heterocycles. The Kier molecular flexibility index (Phi) is 3.84. The monoisotopic (exact) mass is 476 g/mol. The van der Waals surface area contributed by atoms with Gasteiger partial charge in [0.25, 0.3) is 0 Å². The Morgan fingerprint density at radius 2 is 1.16 bits per heavy atom. The van der Waals surface area contributed by atoms with E-state index in [1.807, 2.05) is 12.4 Å². The van der Waals surface area contributed by atoms with E-state index in [4.69, 9.17) is 0 Å². The van der Waals surface area contributed by atoms with Crippen molar-refractivity contribution < 1.29 is 0 Å². The van der Waals surface area contributed by atoms with Gasteiger partial charge in [0.1, 0.15) is 0 Å². The number of para-hydroxylation sites is 1. The maximum absolute atomic E-state index is 4.34. The zero-order valence-electron chi connectivity index (χ0n) is 21.6. The second-order valence-corrected chi connectivity index (χ2v) is 11.6. The first-order valence-electron chi connectivity index (χ1n) is 13.2. The minimum atomic E-state index is -0.114. The van der Waals surface area contributed by atoms with E-state index in [2.05, 4.69) is 122 Å². The van der Waals surface area contributed by atoms with Crippen molar-refractivity contribution in [2.24, 2.45) is 0 Å². The molecule has 0 spiro atoms. The third-order valence-electron chi connectivity index (χ3n) is 9.02. The molecule has 0 saturated heterocycles. The number of hydrogen-bond donors (Lipinski definition) is 0. The van der Waals surface area contributed by atoms with Crippen LogP contribution in [-0.2, 0) is 10.8 Å². The lowest BCUT2D eigenvalue weighted by molar-refractivity contribution is 0.651. The fraction of sp³-hybridized carbons (Fsp3) is 0.171. The lowest BCUT2D eigenvalue weighted by atomic mass is 9.75. The number of hydrogen-bond acceptors (Lipinski definition) is 1. The average Bonchev–Trinajstić information content (AvgIpc) is 3.47. The molecular weight excluding hydrogens is 448 g/mol. The first-order valence-corrected chi connectivity index (χ1v) is 13.2. The quantitative estimate of drug-likeness (QED) is 0.232. The molecule has 0 radical (unpaired) electrons. The van der Waals surface area contributed by atoms with E-state index in [0.29, 0.717) is 0 Å². The summed E-state index contributed by atoms with van der Waals surface area (Å²) in [7, 11) is 0. The van der Waals surface area contributed by atoms with Crippen LogP contribution in [0.5, 0.6) is 0 Å². The highest BCUT2D eigenvalue weighted by Gasteiger charge is 2.47. The van der Waals surface area contributed by atoms with Gasteiger partial charge in [0.2, 0.25) is 0 Å². The van der Waals surface area contributed by atoms with E-state index in [9.17, 15) is 0 Å². The first kappa shape index (κ1) is 21.0. The fourth-order valence-electron chi connectivity index (χ4n) is 7.53. The third-order valence-corrected chi connectivity index (χ3v) is 9.02. The molecule has 0 unspecified atom stereocenters. The van der Waals surface area contributed by atoms with Crippen molar-refractivity contribution in [3.05, 3.63) is 120 Å². The summed E-state index contributed by atoms with van der Waals surface area (Å²) in [4.78, 5) is 4.34. The molecule has 178 valence electrons. The van der Waals surface area contributed by atoms with Crippen molar-refractivity contribution in [1.82, 2.24) is 9.55 Å². The van der Waals surface area contributed by atoms with Gasteiger partial charge in [0, 0.05) is 45.2 Å². The molecule has 2 aliphatic carbocycles. The molecule has 2 aromatic heterocycles.